The van der Waals surface area contributed by atoms with E-state index in [1.54, 1.807) is 18.2 Å². The molecule has 2 aromatic rings. The molecule has 0 bridgehead atoms. The second kappa shape index (κ2) is 7.69. The van der Waals surface area contributed by atoms with Crippen molar-refractivity contribution >= 4 is 23.1 Å². The molecule has 84 valence electrons. The van der Waals surface area contributed by atoms with Gasteiger partial charge in [0.05, 0.1) is 7.11 Å². The molecule has 0 radical (unpaired) electrons. The maximum absolute atomic E-state index is 13.4. The molecule has 0 aliphatic carbocycles. The number of hydrogen-bond acceptors (Lipinski definition) is 1. The van der Waals surface area contributed by atoms with E-state index in [1.807, 2.05) is 18.2 Å². The monoisotopic (exact) mass is 304 g/mol. The van der Waals surface area contributed by atoms with Gasteiger partial charge in [0.1, 0.15) is 0 Å². The van der Waals surface area contributed by atoms with Crippen LogP contribution in [0, 0.1) is 11.9 Å². The predicted molar refractivity (Wildman–Crippen MR) is 63.0 cm³/mol. The molecule has 0 saturated carbocycles. The molecule has 2 rings (SSSR count). The van der Waals surface area contributed by atoms with Gasteiger partial charge in [0.2, 0.25) is 0 Å². The molecule has 0 aliphatic heterocycles. The molecule has 0 saturated heterocycles. The van der Waals surface area contributed by atoms with Crippen molar-refractivity contribution in [3.05, 3.63) is 54.3 Å². The van der Waals surface area contributed by atoms with Crippen molar-refractivity contribution in [2.24, 2.45) is 0 Å². The van der Waals surface area contributed by atoms with Gasteiger partial charge < -0.3 is 21.7 Å². The molecule has 0 atom stereocenters. The van der Waals surface area contributed by atoms with Gasteiger partial charge in [0, 0.05) is 0 Å². The zero-order chi connectivity index (χ0) is 10.7. The number of methoxy groups -OCH3 is 1. The maximum Gasteiger partial charge on any atom is 2.00 e. The molecule has 2 aromatic carbocycles. The van der Waals surface area contributed by atoms with Gasteiger partial charge >= 0.3 is 23.1 Å². The molecular weight excluding hydrogens is 295 g/mol. The third kappa shape index (κ3) is 3.98. The van der Waals surface area contributed by atoms with Gasteiger partial charge in [-0.1, -0.05) is 6.07 Å². The molecule has 0 amide bonds. The standard InChI is InChI=1S/C13H10FO.BrH.Mg/c1-15-13-8-7-11(9-12(13)14)10-5-3-2-4-6-10;;/h3-9H,1H3;1H;/q-1;;+2/p-1. The first kappa shape index (κ1) is 16.4. The Morgan fingerprint density at radius 2 is 1.71 bits per heavy atom. The summed E-state index contributed by atoms with van der Waals surface area (Å²) in [4.78, 5) is 0. The number of halogens is 2. The fourth-order valence-electron chi connectivity index (χ4n) is 1.43. The smallest absolute Gasteiger partial charge is 1.00 e. The Bertz CT molecular complexity index is 462. The fraction of sp³-hybridized carbons (Fsp3) is 0.0769. The Labute approximate surface area is 127 Å². The van der Waals surface area contributed by atoms with Crippen LogP contribution < -0.4 is 21.7 Å². The van der Waals surface area contributed by atoms with E-state index in [2.05, 4.69) is 6.07 Å². The van der Waals surface area contributed by atoms with E-state index in [-0.39, 0.29) is 51.6 Å². The van der Waals surface area contributed by atoms with Crippen LogP contribution in [0.2, 0.25) is 0 Å². The first-order valence-corrected chi connectivity index (χ1v) is 4.61. The minimum absolute atomic E-state index is 0. The summed E-state index contributed by atoms with van der Waals surface area (Å²) >= 11 is 0. The Balaban J connectivity index is 0.00000128. The third-order valence-corrected chi connectivity index (χ3v) is 2.20. The molecule has 0 fully saturated rings. The molecule has 0 spiro atoms. The number of benzene rings is 2. The average molecular weight is 305 g/mol. The summed E-state index contributed by atoms with van der Waals surface area (Å²) in [6.07, 6.45) is 0. The number of ether oxygens (including phenoxy) is 1. The van der Waals surface area contributed by atoms with Crippen molar-refractivity contribution in [3.63, 3.8) is 0 Å². The number of rotatable bonds is 2. The second-order valence-electron chi connectivity index (χ2n) is 3.14. The summed E-state index contributed by atoms with van der Waals surface area (Å²) in [6, 6.07) is 15.2. The molecule has 0 heterocycles. The van der Waals surface area contributed by atoms with E-state index in [9.17, 15) is 4.39 Å². The van der Waals surface area contributed by atoms with E-state index in [4.69, 9.17) is 4.74 Å². The van der Waals surface area contributed by atoms with E-state index < -0.39 is 0 Å². The molecule has 0 N–H and O–H groups in total. The van der Waals surface area contributed by atoms with Crippen LogP contribution in [-0.2, 0) is 0 Å². The summed E-state index contributed by atoms with van der Waals surface area (Å²) in [6.45, 7) is 0. The summed E-state index contributed by atoms with van der Waals surface area (Å²) < 4.78 is 18.3. The van der Waals surface area contributed by atoms with E-state index in [1.165, 1.54) is 13.2 Å². The normalized spacial score (nSPS) is 8.82. The van der Waals surface area contributed by atoms with Crippen LogP contribution in [0.4, 0.5) is 4.39 Å². The van der Waals surface area contributed by atoms with Crippen LogP contribution in [0.15, 0.2) is 42.5 Å². The largest absolute Gasteiger partial charge is 2.00 e. The van der Waals surface area contributed by atoms with Crippen LogP contribution in [0.3, 0.4) is 0 Å². The van der Waals surface area contributed by atoms with Crippen LogP contribution in [0.1, 0.15) is 0 Å². The van der Waals surface area contributed by atoms with Gasteiger partial charge in [-0.05, 0) is 17.7 Å². The average Bonchev–Trinajstić information content (AvgIpc) is 2.30. The first-order valence-electron chi connectivity index (χ1n) is 4.61. The van der Waals surface area contributed by atoms with Crippen molar-refractivity contribution < 1.29 is 26.1 Å². The summed E-state index contributed by atoms with van der Waals surface area (Å²) in [5, 5.41) is 0. The topological polar surface area (TPSA) is 9.23 Å². The zero-order valence-electron chi connectivity index (χ0n) is 9.41. The van der Waals surface area contributed by atoms with Gasteiger partial charge in [0.25, 0.3) is 0 Å². The van der Waals surface area contributed by atoms with Gasteiger partial charge in [-0.3, -0.25) is 0 Å². The van der Waals surface area contributed by atoms with E-state index in [0.29, 0.717) is 0 Å². The van der Waals surface area contributed by atoms with Crippen molar-refractivity contribution in [1.82, 2.24) is 0 Å². The molecule has 0 unspecified atom stereocenters. The van der Waals surface area contributed by atoms with E-state index >= 15 is 0 Å². The SMILES string of the molecule is COc1ccc(-c2cc[c-]cc2)cc1F.[Br-].[Mg+2]. The molecule has 1 nitrogen and oxygen atoms in total. The first-order chi connectivity index (χ1) is 7.31. The molecule has 17 heavy (non-hydrogen) atoms. The summed E-state index contributed by atoms with van der Waals surface area (Å²) in [7, 11) is 1.45. The quantitative estimate of drug-likeness (QED) is 0.557. The van der Waals surface area contributed by atoms with Gasteiger partial charge in [-0.15, -0.1) is 5.56 Å². The Hall–Kier alpha value is -0.584. The molecular formula is C13H10BrFMgO. The van der Waals surface area contributed by atoms with Crippen molar-refractivity contribution in [3.8, 4) is 16.9 Å². The minimum atomic E-state index is -0.345. The van der Waals surface area contributed by atoms with Crippen LogP contribution in [0.5, 0.6) is 5.75 Å². The second-order valence-corrected chi connectivity index (χ2v) is 3.14. The predicted octanol–water partition coefficient (Wildman–Crippen LogP) is -0.0753. The summed E-state index contributed by atoms with van der Waals surface area (Å²) in [5.74, 6) is -0.0796. The van der Waals surface area contributed by atoms with Gasteiger partial charge in [0.15, 0.2) is 11.6 Å². The Kier molecular flexibility index (Phi) is 7.42. The van der Waals surface area contributed by atoms with Gasteiger partial charge in [-0.25, -0.2) is 4.39 Å². The van der Waals surface area contributed by atoms with Crippen LogP contribution >= 0.6 is 0 Å². The maximum atomic E-state index is 13.4. The van der Waals surface area contributed by atoms with Crippen LogP contribution in [0.25, 0.3) is 11.1 Å². The van der Waals surface area contributed by atoms with Gasteiger partial charge in [-0.2, -0.15) is 30.3 Å². The fourth-order valence-corrected chi connectivity index (χ4v) is 1.43. The van der Waals surface area contributed by atoms with Crippen molar-refractivity contribution in [1.29, 1.82) is 0 Å². The Morgan fingerprint density at radius 1 is 1.06 bits per heavy atom. The molecule has 0 aromatic heterocycles. The number of hydrogen-bond donors (Lipinski definition) is 0. The zero-order valence-corrected chi connectivity index (χ0v) is 12.4. The summed E-state index contributed by atoms with van der Waals surface area (Å²) in [5.41, 5.74) is 1.80. The molecule has 0 aliphatic rings. The minimum Gasteiger partial charge on any atom is -1.00 e. The van der Waals surface area contributed by atoms with E-state index in [0.717, 1.165) is 11.1 Å². The Morgan fingerprint density at radius 3 is 2.24 bits per heavy atom. The third-order valence-electron chi connectivity index (χ3n) is 2.20. The molecule has 4 heteroatoms. The van der Waals surface area contributed by atoms with Crippen molar-refractivity contribution in [2.45, 2.75) is 0 Å². The van der Waals surface area contributed by atoms with Crippen LogP contribution in [-0.4, -0.2) is 30.2 Å². The van der Waals surface area contributed by atoms with Crippen molar-refractivity contribution in [2.75, 3.05) is 7.11 Å².